The van der Waals surface area contributed by atoms with Crippen LogP contribution in [0.5, 0.6) is 5.75 Å². The van der Waals surface area contributed by atoms with Crippen LogP contribution in [0.15, 0.2) is 12.1 Å². The largest absolute Gasteiger partial charge is 0.490 e. The van der Waals surface area contributed by atoms with Gasteiger partial charge in [-0.25, -0.2) is 4.79 Å². The van der Waals surface area contributed by atoms with Crippen LogP contribution in [-0.4, -0.2) is 41.7 Å². The number of likely N-dealkylation sites (tertiary alicyclic amines) is 1. The van der Waals surface area contributed by atoms with Gasteiger partial charge in [0.15, 0.2) is 0 Å². The third kappa shape index (κ3) is 4.23. The lowest BCUT2D eigenvalue weighted by Crippen LogP contribution is -2.38. The molecule has 1 N–H and O–H groups in total. The molecule has 0 spiro atoms. The highest BCUT2D eigenvalue weighted by Crippen LogP contribution is 2.28. The fraction of sp³-hybridized carbons (Fsp3) is 0.611. The molecule has 0 unspecified atom stereocenters. The van der Waals surface area contributed by atoms with E-state index in [2.05, 4.69) is 11.8 Å². The summed E-state index contributed by atoms with van der Waals surface area (Å²) in [5.74, 6) is -0.0287. The molecule has 1 aliphatic heterocycles. The molecule has 1 saturated heterocycles. The van der Waals surface area contributed by atoms with Crippen LogP contribution in [0, 0.1) is 13.8 Å². The molecular weight excluding hydrogens is 278 g/mol. The minimum Gasteiger partial charge on any atom is -0.490 e. The number of unbranched alkanes of at least 4 members (excludes halogenated alkanes) is 1. The molecule has 0 aromatic heterocycles. The van der Waals surface area contributed by atoms with Gasteiger partial charge >= 0.3 is 5.97 Å². The molecule has 0 atom stereocenters. The number of hydrogen-bond acceptors (Lipinski definition) is 3. The van der Waals surface area contributed by atoms with Crippen molar-refractivity contribution >= 4 is 5.97 Å². The number of aromatic carboxylic acids is 1. The molecule has 1 aromatic carbocycles. The summed E-state index contributed by atoms with van der Waals surface area (Å²) in [5.41, 5.74) is 2.15. The van der Waals surface area contributed by atoms with Gasteiger partial charge in [0.05, 0.1) is 5.56 Å². The van der Waals surface area contributed by atoms with Crippen LogP contribution in [0.4, 0.5) is 0 Å². The fourth-order valence-electron chi connectivity index (χ4n) is 3.06. The van der Waals surface area contributed by atoms with Crippen molar-refractivity contribution in [2.45, 2.75) is 52.6 Å². The van der Waals surface area contributed by atoms with Crippen LogP contribution in [0.2, 0.25) is 0 Å². The van der Waals surface area contributed by atoms with Gasteiger partial charge in [-0.3, -0.25) is 0 Å². The molecular formula is C18H27NO3. The summed E-state index contributed by atoms with van der Waals surface area (Å²) in [6, 6.07) is 3.39. The van der Waals surface area contributed by atoms with Crippen LogP contribution >= 0.6 is 0 Å². The van der Waals surface area contributed by atoms with Gasteiger partial charge in [0.1, 0.15) is 11.9 Å². The second kappa shape index (κ2) is 7.63. The van der Waals surface area contributed by atoms with E-state index >= 15 is 0 Å². The first kappa shape index (κ1) is 16.8. The first-order valence-electron chi connectivity index (χ1n) is 8.24. The van der Waals surface area contributed by atoms with Crippen LogP contribution in [-0.2, 0) is 0 Å². The highest BCUT2D eigenvalue weighted by atomic mass is 16.5. The van der Waals surface area contributed by atoms with Crippen molar-refractivity contribution < 1.29 is 14.6 Å². The number of piperidine rings is 1. The molecule has 1 aromatic rings. The Hall–Kier alpha value is -1.55. The van der Waals surface area contributed by atoms with E-state index in [1.54, 1.807) is 12.1 Å². The number of ether oxygens (including phenoxy) is 1. The number of carboxylic acid groups (broad SMARTS) is 1. The number of aryl methyl sites for hydroxylation is 2. The fourth-order valence-corrected chi connectivity index (χ4v) is 3.06. The Kier molecular flexibility index (Phi) is 5.83. The molecule has 0 aliphatic carbocycles. The predicted molar refractivity (Wildman–Crippen MR) is 87.9 cm³/mol. The highest BCUT2D eigenvalue weighted by molar-refractivity contribution is 5.88. The number of carboxylic acids is 1. The van der Waals surface area contributed by atoms with E-state index in [-0.39, 0.29) is 6.10 Å². The lowest BCUT2D eigenvalue weighted by Gasteiger charge is -2.32. The van der Waals surface area contributed by atoms with E-state index in [1.165, 1.54) is 19.4 Å². The molecule has 0 bridgehead atoms. The second-order valence-corrected chi connectivity index (χ2v) is 6.26. The molecule has 1 fully saturated rings. The summed E-state index contributed by atoms with van der Waals surface area (Å²) >= 11 is 0. The Morgan fingerprint density at radius 3 is 2.36 bits per heavy atom. The van der Waals surface area contributed by atoms with Gasteiger partial charge in [0.25, 0.3) is 0 Å². The summed E-state index contributed by atoms with van der Waals surface area (Å²) < 4.78 is 6.18. The maximum absolute atomic E-state index is 11.1. The third-order valence-electron chi connectivity index (χ3n) is 4.35. The minimum absolute atomic E-state index is 0.242. The van der Waals surface area contributed by atoms with Crippen LogP contribution < -0.4 is 4.74 Å². The average Bonchev–Trinajstić information content (AvgIpc) is 2.49. The molecule has 0 saturated carbocycles. The SMILES string of the molecule is CCCCN1CCC(Oc2c(C)cc(C(=O)O)cc2C)CC1. The highest BCUT2D eigenvalue weighted by Gasteiger charge is 2.21. The van der Waals surface area contributed by atoms with Crippen molar-refractivity contribution in [1.82, 2.24) is 4.90 Å². The summed E-state index contributed by atoms with van der Waals surface area (Å²) in [7, 11) is 0. The molecule has 4 nitrogen and oxygen atoms in total. The maximum atomic E-state index is 11.1. The monoisotopic (exact) mass is 305 g/mol. The van der Waals surface area contributed by atoms with Gasteiger partial charge in [0, 0.05) is 13.1 Å². The number of rotatable bonds is 6. The average molecular weight is 305 g/mol. The van der Waals surface area contributed by atoms with E-state index in [0.29, 0.717) is 5.56 Å². The molecule has 0 amide bonds. The van der Waals surface area contributed by atoms with Crippen LogP contribution in [0.25, 0.3) is 0 Å². The number of hydrogen-bond donors (Lipinski definition) is 1. The van der Waals surface area contributed by atoms with Crippen molar-refractivity contribution in [3.05, 3.63) is 28.8 Å². The molecule has 0 radical (unpaired) electrons. The molecule has 1 heterocycles. The Labute approximate surface area is 133 Å². The van der Waals surface area contributed by atoms with Gasteiger partial charge in [-0.2, -0.15) is 0 Å². The Bertz CT molecular complexity index is 496. The smallest absolute Gasteiger partial charge is 0.335 e. The summed E-state index contributed by atoms with van der Waals surface area (Å²) in [4.78, 5) is 13.6. The maximum Gasteiger partial charge on any atom is 0.335 e. The second-order valence-electron chi connectivity index (χ2n) is 6.26. The minimum atomic E-state index is -0.887. The lowest BCUT2D eigenvalue weighted by atomic mass is 10.0. The van der Waals surface area contributed by atoms with Crippen molar-refractivity contribution in [2.24, 2.45) is 0 Å². The van der Waals surface area contributed by atoms with Gasteiger partial charge in [0.2, 0.25) is 0 Å². The zero-order valence-corrected chi connectivity index (χ0v) is 13.9. The van der Waals surface area contributed by atoms with Crippen molar-refractivity contribution in [3.8, 4) is 5.75 Å². The zero-order valence-electron chi connectivity index (χ0n) is 13.9. The number of nitrogens with zero attached hydrogens (tertiary/aromatic N) is 1. The first-order valence-corrected chi connectivity index (χ1v) is 8.24. The molecule has 1 aliphatic rings. The van der Waals surface area contributed by atoms with Gasteiger partial charge in [-0.1, -0.05) is 13.3 Å². The molecule has 122 valence electrons. The van der Waals surface area contributed by atoms with E-state index in [0.717, 1.165) is 42.8 Å². The van der Waals surface area contributed by atoms with Crippen molar-refractivity contribution in [1.29, 1.82) is 0 Å². The normalized spacial score (nSPS) is 16.7. The van der Waals surface area contributed by atoms with Crippen LogP contribution in [0.3, 0.4) is 0 Å². The van der Waals surface area contributed by atoms with Gasteiger partial charge in [-0.15, -0.1) is 0 Å². The molecule has 22 heavy (non-hydrogen) atoms. The zero-order chi connectivity index (χ0) is 16.1. The third-order valence-corrected chi connectivity index (χ3v) is 4.35. The van der Waals surface area contributed by atoms with E-state index in [9.17, 15) is 4.79 Å². The summed E-state index contributed by atoms with van der Waals surface area (Å²) in [6.45, 7) is 9.44. The van der Waals surface area contributed by atoms with Gasteiger partial charge in [-0.05, 0) is 62.9 Å². The summed E-state index contributed by atoms with van der Waals surface area (Å²) in [6.07, 6.45) is 4.84. The quantitative estimate of drug-likeness (QED) is 0.871. The Morgan fingerprint density at radius 1 is 1.27 bits per heavy atom. The predicted octanol–water partition coefficient (Wildman–Crippen LogP) is 3.64. The topological polar surface area (TPSA) is 49.8 Å². The van der Waals surface area contributed by atoms with Crippen molar-refractivity contribution in [2.75, 3.05) is 19.6 Å². The standard InChI is InChI=1S/C18H27NO3/c1-4-5-8-19-9-6-16(7-10-19)22-17-13(2)11-15(18(20)21)12-14(17)3/h11-12,16H,4-10H2,1-3H3,(H,20,21). The van der Waals surface area contributed by atoms with Gasteiger partial charge < -0.3 is 14.7 Å². The Balaban J connectivity index is 1.96. The molecule has 2 rings (SSSR count). The number of benzene rings is 1. The lowest BCUT2D eigenvalue weighted by molar-refractivity contribution is 0.0696. The first-order chi connectivity index (χ1) is 10.5. The summed E-state index contributed by atoms with van der Waals surface area (Å²) in [5, 5.41) is 9.10. The van der Waals surface area contributed by atoms with Crippen molar-refractivity contribution in [3.63, 3.8) is 0 Å². The van der Waals surface area contributed by atoms with E-state index in [4.69, 9.17) is 9.84 Å². The van der Waals surface area contributed by atoms with E-state index < -0.39 is 5.97 Å². The Morgan fingerprint density at radius 2 is 1.86 bits per heavy atom. The van der Waals surface area contributed by atoms with E-state index in [1.807, 2.05) is 13.8 Å². The number of carbonyl (C=O) groups is 1. The van der Waals surface area contributed by atoms with Crippen LogP contribution in [0.1, 0.15) is 54.1 Å². The molecule has 4 heteroatoms.